The highest BCUT2D eigenvalue weighted by atomic mass is 32.1. The highest BCUT2D eigenvalue weighted by Crippen LogP contribution is 2.32. The summed E-state index contributed by atoms with van der Waals surface area (Å²) in [5.74, 6) is 1.46. The predicted molar refractivity (Wildman–Crippen MR) is 100 cm³/mol. The van der Waals surface area contributed by atoms with Crippen molar-refractivity contribution in [1.82, 2.24) is 0 Å². The number of anilines is 1. The molecule has 0 N–H and O–H groups in total. The molecule has 128 valence electrons. The van der Waals surface area contributed by atoms with Gasteiger partial charge in [0, 0.05) is 17.0 Å². The maximum Gasteiger partial charge on any atom is 0.258 e. The van der Waals surface area contributed by atoms with Crippen LogP contribution in [0.4, 0.5) is 5.69 Å². The van der Waals surface area contributed by atoms with Gasteiger partial charge in [-0.25, -0.2) is 0 Å². The summed E-state index contributed by atoms with van der Waals surface area (Å²) in [6.45, 7) is 5.86. The van der Waals surface area contributed by atoms with E-state index in [1.165, 1.54) is 4.88 Å². The first-order valence-corrected chi connectivity index (χ1v) is 9.68. The first-order valence-electron chi connectivity index (χ1n) is 8.80. The van der Waals surface area contributed by atoms with Crippen LogP contribution in [0.25, 0.3) is 0 Å². The summed E-state index contributed by atoms with van der Waals surface area (Å²) in [6.07, 6.45) is 4.40. The normalized spacial score (nSPS) is 15.5. The number of carbonyl (C=O) groups excluding carboxylic acids is 1. The zero-order chi connectivity index (χ0) is 16.9. The predicted octanol–water partition coefficient (Wildman–Crippen LogP) is 5.16. The standard InChI is InChI=1S/C20H25NO2S/c1-3-15(2)14-23-17-9-7-16(8-10-17)20(22)21-12-5-4-6-19-18(21)11-13-24-19/h7-11,13,15H,3-6,12,14H2,1-2H3. The van der Waals surface area contributed by atoms with Crippen LogP contribution in [0.1, 0.15) is 48.3 Å². The van der Waals surface area contributed by atoms with Crippen molar-refractivity contribution in [2.45, 2.75) is 39.5 Å². The lowest BCUT2D eigenvalue weighted by molar-refractivity contribution is 0.0987. The Hall–Kier alpha value is -1.81. The van der Waals surface area contributed by atoms with Crippen molar-refractivity contribution < 1.29 is 9.53 Å². The number of nitrogens with zero attached hydrogens (tertiary/aromatic N) is 1. The number of benzene rings is 1. The largest absolute Gasteiger partial charge is 0.493 e. The highest BCUT2D eigenvalue weighted by molar-refractivity contribution is 7.10. The lowest BCUT2D eigenvalue weighted by Gasteiger charge is -2.21. The molecule has 2 aromatic rings. The Labute approximate surface area is 148 Å². The second-order valence-electron chi connectivity index (χ2n) is 6.49. The Balaban J connectivity index is 1.71. The van der Waals surface area contributed by atoms with Gasteiger partial charge in [0.2, 0.25) is 0 Å². The van der Waals surface area contributed by atoms with E-state index in [1.807, 2.05) is 29.2 Å². The Kier molecular flexibility index (Phi) is 5.56. The zero-order valence-corrected chi connectivity index (χ0v) is 15.3. The van der Waals surface area contributed by atoms with Crippen molar-refractivity contribution in [3.63, 3.8) is 0 Å². The number of hydrogen-bond donors (Lipinski definition) is 0. The molecule has 3 rings (SSSR count). The van der Waals surface area contributed by atoms with E-state index in [1.54, 1.807) is 11.3 Å². The average molecular weight is 343 g/mol. The second-order valence-corrected chi connectivity index (χ2v) is 7.49. The molecule has 0 saturated heterocycles. The summed E-state index contributed by atoms with van der Waals surface area (Å²) in [7, 11) is 0. The van der Waals surface area contributed by atoms with Crippen LogP contribution in [0.15, 0.2) is 35.7 Å². The number of fused-ring (bicyclic) bond motifs is 1. The summed E-state index contributed by atoms with van der Waals surface area (Å²) in [4.78, 5) is 16.2. The fourth-order valence-corrected chi connectivity index (χ4v) is 3.78. The number of thiophene rings is 1. The second kappa shape index (κ2) is 7.84. The summed E-state index contributed by atoms with van der Waals surface area (Å²) < 4.78 is 5.78. The summed E-state index contributed by atoms with van der Waals surface area (Å²) in [6, 6.07) is 9.65. The van der Waals surface area contributed by atoms with Crippen molar-refractivity contribution in [3.8, 4) is 5.75 Å². The van der Waals surface area contributed by atoms with Crippen LogP contribution in [0.3, 0.4) is 0 Å². The number of carbonyl (C=O) groups is 1. The molecule has 3 nitrogen and oxygen atoms in total. The molecule has 1 aromatic heterocycles. The van der Waals surface area contributed by atoms with Crippen LogP contribution >= 0.6 is 11.3 Å². The van der Waals surface area contributed by atoms with Crippen molar-refractivity contribution >= 4 is 22.9 Å². The molecule has 1 aromatic carbocycles. The smallest absolute Gasteiger partial charge is 0.258 e. The Morgan fingerprint density at radius 2 is 2.04 bits per heavy atom. The quantitative estimate of drug-likeness (QED) is 0.751. The van der Waals surface area contributed by atoms with Crippen molar-refractivity contribution in [3.05, 3.63) is 46.2 Å². The third-order valence-electron chi connectivity index (χ3n) is 4.63. The van der Waals surface area contributed by atoms with Gasteiger partial charge < -0.3 is 9.64 Å². The average Bonchev–Trinajstić information content (AvgIpc) is 2.99. The van der Waals surface area contributed by atoms with E-state index in [9.17, 15) is 4.79 Å². The molecule has 0 spiro atoms. The van der Waals surface area contributed by atoms with Gasteiger partial charge in [0.1, 0.15) is 5.75 Å². The first-order chi connectivity index (χ1) is 11.7. The van der Waals surface area contributed by atoms with Gasteiger partial charge >= 0.3 is 0 Å². The molecule has 4 heteroatoms. The zero-order valence-electron chi connectivity index (χ0n) is 14.5. The maximum atomic E-state index is 12.9. The van der Waals surface area contributed by atoms with Gasteiger partial charge in [0.05, 0.1) is 12.3 Å². The van der Waals surface area contributed by atoms with Gasteiger partial charge in [-0.2, -0.15) is 0 Å². The highest BCUT2D eigenvalue weighted by Gasteiger charge is 2.23. The summed E-state index contributed by atoms with van der Waals surface area (Å²) in [5.41, 5.74) is 1.82. The van der Waals surface area contributed by atoms with Crippen molar-refractivity contribution in [1.29, 1.82) is 0 Å². The lowest BCUT2D eigenvalue weighted by Crippen LogP contribution is -2.31. The monoisotopic (exact) mass is 343 g/mol. The van der Waals surface area contributed by atoms with E-state index in [2.05, 4.69) is 25.3 Å². The summed E-state index contributed by atoms with van der Waals surface area (Å²) in [5, 5.41) is 2.09. The molecule has 0 bridgehead atoms. The molecule has 0 aliphatic carbocycles. The van der Waals surface area contributed by atoms with Gasteiger partial charge in [-0.05, 0) is 60.9 Å². The van der Waals surface area contributed by atoms with E-state index in [0.717, 1.165) is 49.2 Å². The molecular weight excluding hydrogens is 318 g/mol. The third kappa shape index (κ3) is 3.81. The topological polar surface area (TPSA) is 29.5 Å². The molecule has 1 atom stereocenters. The maximum absolute atomic E-state index is 12.9. The van der Waals surface area contributed by atoms with Crippen LogP contribution in [-0.4, -0.2) is 19.1 Å². The molecule has 1 amide bonds. The summed E-state index contributed by atoms with van der Waals surface area (Å²) >= 11 is 1.75. The van der Waals surface area contributed by atoms with Gasteiger partial charge in [0.15, 0.2) is 0 Å². The van der Waals surface area contributed by atoms with Crippen LogP contribution in [0.5, 0.6) is 5.75 Å². The molecule has 0 saturated carbocycles. The van der Waals surface area contributed by atoms with Crippen LogP contribution in [0.2, 0.25) is 0 Å². The van der Waals surface area contributed by atoms with E-state index in [-0.39, 0.29) is 5.91 Å². The number of aryl methyl sites for hydroxylation is 1. The van der Waals surface area contributed by atoms with Gasteiger partial charge in [-0.15, -0.1) is 11.3 Å². The Morgan fingerprint density at radius 1 is 1.25 bits per heavy atom. The minimum atomic E-state index is 0.0880. The lowest BCUT2D eigenvalue weighted by atomic mass is 10.1. The molecule has 1 unspecified atom stereocenters. The molecule has 1 aliphatic heterocycles. The van der Waals surface area contributed by atoms with Gasteiger partial charge in [-0.3, -0.25) is 4.79 Å². The third-order valence-corrected chi connectivity index (χ3v) is 5.60. The van der Waals surface area contributed by atoms with Crippen LogP contribution in [0, 0.1) is 5.92 Å². The van der Waals surface area contributed by atoms with Crippen molar-refractivity contribution in [2.75, 3.05) is 18.1 Å². The van der Waals surface area contributed by atoms with Crippen LogP contribution < -0.4 is 9.64 Å². The Morgan fingerprint density at radius 3 is 2.79 bits per heavy atom. The van der Waals surface area contributed by atoms with E-state index in [4.69, 9.17) is 4.74 Å². The van der Waals surface area contributed by atoms with E-state index >= 15 is 0 Å². The van der Waals surface area contributed by atoms with E-state index < -0.39 is 0 Å². The fourth-order valence-electron chi connectivity index (χ4n) is 2.85. The molecule has 24 heavy (non-hydrogen) atoms. The molecule has 0 fully saturated rings. The van der Waals surface area contributed by atoms with Crippen LogP contribution in [-0.2, 0) is 6.42 Å². The number of ether oxygens (including phenoxy) is 1. The number of amides is 1. The van der Waals surface area contributed by atoms with E-state index in [0.29, 0.717) is 12.5 Å². The molecule has 2 heterocycles. The minimum absolute atomic E-state index is 0.0880. The first kappa shape index (κ1) is 17.0. The number of rotatable bonds is 5. The van der Waals surface area contributed by atoms with Crippen molar-refractivity contribution in [2.24, 2.45) is 5.92 Å². The molecular formula is C20H25NO2S. The van der Waals surface area contributed by atoms with Gasteiger partial charge in [-0.1, -0.05) is 20.3 Å². The Bertz CT molecular complexity index is 677. The molecule has 0 radical (unpaired) electrons. The fraction of sp³-hybridized carbons (Fsp3) is 0.450. The molecule has 1 aliphatic rings. The SMILES string of the molecule is CCC(C)COc1ccc(C(=O)N2CCCCc3sccc32)cc1. The number of hydrogen-bond acceptors (Lipinski definition) is 3. The minimum Gasteiger partial charge on any atom is -0.493 e. The van der Waals surface area contributed by atoms with Gasteiger partial charge in [0.25, 0.3) is 5.91 Å².